The van der Waals surface area contributed by atoms with Crippen molar-refractivity contribution in [2.24, 2.45) is 0 Å². The number of alkyl halides is 3. The molecule has 0 spiro atoms. The van der Waals surface area contributed by atoms with Gasteiger partial charge in [-0.15, -0.1) is 0 Å². The molecule has 1 rings (SSSR count). The summed E-state index contributed by atoms with van der Waals surface area (Å²) in [7, 11) is 0. The second-order valence-corrected chi connectivity index (χ2v) is 4.64. The van der Waals surface area contributed by atoms with Gasteiger partial charge in [0.25, 0.3) is 0 Å². The average molecular weight is 303 g/mol. The SMILES string of the molecule is C=C/C=C(\C=C/CNC(=O)NC1CCNCC1)C(F)(F)F. The van der Waals surface area contributed by atoms with E-state index in [4.69, 9.17) is 0 Å². The van der Waals surface area contributed by atoms with Crippen LogP contribution in [-0.2, 0) is 0 Å². The number of hydrogen-bond acceptors (Lipinski definition) is 2. The van der Waals surface area contributed by atoms with Crippen molar-refractivity contribution in [2.75, 3.05) is 19.6 Å². The molecule has 1 heterocycles. The smallest absolute Gasteiger partial charge is 0.335 e. The highest BCUT2D eigenvalue weighted by Crippen LogP contribution is 2.26. The molecule has 1 aliphatic rings. The Kier molecular flexibility index (Phi) is 7.01. The van der Waals surface area contributed by atoms with E-state index < -0.39 is 11.7 Å². The third-order valence-corrected chi connectivity index (χ3v) is 2.98. The molecular formula is C14H20F3N3O. The Morgan fingerprint density at radius 1 is 1.33 bits per heavy atom. The van der Waals surface area contributed by atoms with Crippen LogP contribution in [0.3, 0.4) is 0 Å². The summed E-state index contributed by atoms with van der Waals surface area (Å²) in [5.41, 5.74) is -0.807. The molecule has 2 amide bonds. The third kappa shape index (κ3) is 6.99. The first-order valence-electron chi connectivity index (χ1n) is 6.75. The van der Waals surface area contributed by atoms with Gasteiger partial charge >= 0.3 is 12.2 Å². The molecular weight excluding hydrogens is 283 g/mol. The molecule has 0 saturated carbocycles. The summed E-state index contributed by atoms with van der Waals surface area (Å²) in [6.45, 7) is 4.98. The van der Waals surface area contributed by atoms with Gasteiger partial charge in [0.15, 0.2) is 0 Å². The Morgan fingerprint density at radius 2 is 2.00 bits per heavy atom. The predicted molar refractivity (Wildman–Crippen MR) is 75.9 cm³/mol. The molecule has 118 valence electrons. The molecule has 1 aliphatic heterocycles. The third-order valence-electron chi connectivity index (χ3n) is 2.98. The lowest BCUT2D eigenvalue weighted by molar-refractivity contribution is -0.0881. The summed E-state index contributed by atoms with van der Waals surface area (Å²) in [4.78, 5) is 11.5. The van der Waals surface area contributed by atoms with Gasteiger partial charge < -0.3 is 16.0 Å². The van der Waals surface area contributed by atoms with Crippen LogP contribution in [0.25, 0.3) is 0 Å². The van der Waals surface area contributed by atoms with Crippen molar-refractivity contribution < 1.29 is 18.0 Å². The molecule has 0 atom stereocenters. The molecule has 3 N–H and O–H groups in total. The van der Waals surface area contributed by atoms with Crippen LogP contribution in [0.5, 0.6) is 0 Å². The van der Waals surface area contributed by atoms with E-state index in [9.17, 15) is 18.0 Å². The van der Waals surface area contributed by atoms with E-state index in [-0.39, 0.29) is 18.6 Å². The first-order valence-corrected chi connectivity index (χ1v) is 6.75. The van der Waals surface area contributed by atoms with E-state index in [0.29, 0.717) is 0 Å². The molecule has 7 heteroatoms. The molecule has 0 radical (unpaired) electrons. The molecule has 1 saturated heterocycles. The van der Waals surface area contributed by atoms with Crippen LogP contribution in [0.2, 0.25) is 0 Å². The van der Waals surface area contributed by atoms with Gasteiger partial charge in [0.05, 0.1) is 5.57 Å². The topological polar surface area (TPSA) is 53.2 Å². The summed E-state index contributed by atoms with van der Waals surface area (Å²) in [6.07, 6.45) is 1.41. The zero-order valence-electron chi connectivity index (χ0n) is 11.7. The van der Waals surface area contributed by atoms with E-state index in [1.807, 2.05) is 0 Å². The zero-order chi connectivity index (χ0) is 15.7. The fraction of sp³-hybridized carbons (Fsp3) is 0.500. The van der Waals surface area contributed by atoms with Crippen LogP contribution in [0, 0.1) is 0 Å². The second-order valence-electron chi connectivity index (χ2n) is 4.64. The van der Waals surface area contributed by atoms with Gasteiger partial charge in [-0.3, -0.25) is 0 Å². The lowest BCUT2D eigenvalue weighted by atomic mass is 10.1. The molecule has 1 fully saturated rings. The van der Waals surface area contributed by atoms with Crippen molar-refractivity contribution in [3.63, 3.8) is 0 Å². The predicted octanol–water partition coefficient (Wildman–Crippen LogP) is 2.27. The number of urea groups is 1. The zero-order valence-corrected chi connectivity index (χ0v) is 11.7. The maximum Gasteiger partial charge on any atom is 0.416 e. The Balaban J connectivity index is 2.34. The molecule has 4 nitrogen and oxygen atoms in total. The van der Waals surface area contributed by atoms with E-state index in [1.165, 1.54) is 6.08 Å². The van der Waals surface area contributed by atoms with Crippen LogP contribution in [0.1, 0.15) is 12.8 Å². The standard InChI is InChI=1S/C14H20F3N3O/c1-2-4-11(14(15,16)17)5-3-8-19-13(21)20-12-6-9-18-10-7-12/h2-5,12,18H,1,6-10H2,(H2,19,20,21)/b5-3-,11-4+. The normalized spacial score (nSPS) is 17.8. The van der Waals surface area contributed by atoms with E-state index in [1.54, 1.807) is 0 Å². The maximum absolute atomic E-state index is 12.5. The number of rotatable bonds is 5. The quantitative estimate of drug-likeness (QED) is 0.683. The Labute approximate surface area is 122 Å². The van der Waals surface area contributed by atoms with Crippen molar-refractivity contribution in [3.8, 4) is 0 Å². The molecule has 0 aromatic carbocycles. The fourth-order valence-corrected chi connectivity index (χ4v) is 1.91. The Bertz CT molecular complexity index is 410. The van der Waals surface area contributed by atoms with Crippen molar-refractivity contribution in [1.29, 1.82) is 0 Å². The monoisotopic (exact) mass is 303 g/mol. The minimum Gasteiger partial charge on any atom is -0.335 e. The summed E-state index contributed by atoms with van der Waals surface area (Å²) >= 11 is 0. The number of allylic oxidation sites excluding steroid dienone is 4. The van der Waals surface area contributed by atoms with Crippen LogP contribution in [0.4, 0.5) is 18.0 Å². The maximum atomic E-state index is 12.5. The number of nitrogens with one attached hydrogen (secondary N) is 3. The highest BCUT2D eigenvalue weighted by Gasteiger charge is 2.30. The van der Waals surface area contributed by atoms with Crippen LogP contribution < -0.4 is 16.0 Å². The molecule has 0 aromatic rings. The van der Waals surface area contributed by atoms with Crippen LogP contribution >= 0.6 is 0 Å². The first-order chi connectivity index (χ1) is 9.93. The van der Waals surface area contributed by atoms with Gasteiger partial charge in [0, 0.05) is 12.6 Å². The molecule has 0 aliphatic carbocycles. The largest absolute Gasteiger partial charge is 0.416 e. The van der Waals surface area contributed by atoms with Crippen molar-refractivity contribution >= 4 is 6.03 Å². The van der Waals surface area contributed by atoms with E-state index in [0.717, 1.165) is 44.2 Å². The molecule has 0 unspecified atom stereocenters. The molecule has 21 heavy (non-hydrogen) atoms. The van der Waals surface area contributed by atoms with Gasteiger partial charge in [-0.1, -0.05) is 30.9 Å². The Morgan fingerprint density at radius 3 is 2.57 bits per heavy atom. The summed E-state index contributed by atoms with van der Waals surface area (Å²) < 4.78 is 37.6. The number of piperidine rings is 1. The highest BCUT2D eigenvalue weighted by atomic mass is 19.4. The summed E-state index contributed by atoms with van der Waals surface area (Å²) in [5, 5.41) is 8.46. The molecule has 0 bridgehead atoms. The van der Waals surface area contributed by atoms with Crippen molar-refractivity contribution in [2.45, 2.75) is 25.1 Å². The average Bonchev–Trinajstić information content (AvgIpc) is 2.42. The number of carbonyl (C=O) groups is 1. The van der Waals surface area contributed by atoms with Crippen LogP contribution in [0.15, 0.2) is 36.5 Å². The lowest BCUT2D eigenvalue weighted by Crippen LogP contribution is -2.46. The number of halogens is 3. The molecule has 0 aromatic heterocycles. The number of carbonyl (C=O) groups excluding carboxylic acids is 1. The second kappa shape index (κ2) is 8.51. The lowest BCUT2D eigenvalue weighted by Gasteiger charge is -2.23. The van der Waals surface area contributed by atoms with Crippen molar-refractivity contribution in [3.05, 3.63) is 36.5 Å². The van der Waals surface area contributed by atoms with Gasteiger partial charge in [-0.2, -0.15) is 13.2 Å². The van der Waals surface area contributed by atoms with Crippen molar-refractivity contribution in [1.82, 2.24) is 16.0 Å². The summed E-state index contributed by atoms with van der Waals surface area (Å²) in [5.74, 6) is 0. The summed E-state index contributed by atoms with van der Waals surface area (Å²) in [6, 6.07) is -0.255. The van der Waals surface area contributed by atoms with Crippen LogP contribution in [-0.4, -0.2) is 37.9 Å². The van der Waals surface area contributed by atoms with E-state index in [2.05, 4.69) is 22.5 Å². The highest BCUT2D eigenvalue weighted by molar-refractivity contribution is 5.74. The van der Waals surface area contributed by atoms with Gasteiger partial charge in [0.1, 0.15) is 0 Å². The van der Waals surface area contributed by atoms with Gasteiger partial charge in [-0.05, 0) is 25.9 Å². The Hall–Kier alpha value is -1.76. The number of amides is 2. The number of hydrogen-bond donors (Lipinski definition) is 3. The minimum absolute atomic E-state index is 0.0291. The fourth-order valence-electron chi connectivity index (χ4n) is 1.91. The van der Waals surface area contributed by atoms with E-state index >= 15 is 0 Å². The first kappa shape index (κ1) is 17.3. The van der Waals surface area contributed by atoms with Gasteiger partial charge in [0.2, 0.25) is 0 Å². The van der Waals surface area contributed by atoms with Gasteiger partial charge in [-0.25, -0.2) is 4.79 Å². The minimum atomic E-state index is -4.43.